The van der Waals surface area contributed by atoms with E-state index >= 15 is 0 Å². The van der Waals surface area contributed by atoms with Crippen LogP contribution >= 0.6 is 24.0 Å². The molecule has 1 aromatic rings. The quantitative estimate of drug-likeness (QED) is 0.285. The Morgan fingerprint density at radius 2 is 1.83 bits per heavy atom. The van der Waals surface area contributed by atoms with Crippen LogP contribution in [0.2, 0.25) is 0 Å². The molecule has 1 aliphatic rings. The van der Waals surface area contributed by atoms with Crippen molar-refractivity contribution in [3.8, 4) is 0 Å². The van der Waals surface area contributed by atoms with Gasteiger partial charge in [0, 0.05) is 26.2 Å². The number of carbonyl (C=O) groups excluding carboxylic acids is 2. The number of ether oxygens (including phenoxy) is 1. The first-order valence-electron chi connectivity index (χ1n) is 10.1. The summed E-state index contributed by atoms with van der Waals surface area (Å²) in [7, 11) is 0. The molecule has 30 heavy (non-hydrogen) atoms. The lowest BCUT2D eigenvalue weighted by Crippen LogP contribution is -2.63. The lowest BCUT2D eigenvalue weighted by molar-refractivity contribution is -0.119. The molecule has 1 fully saturated rings. The van der Waals surface area contributed by atoms with E-state index in [1.165, 1.54) is 5.56 Å². The number of benzene rings is 1. The number of guanidine groups is 1. The van der Waals surface area contributed by atoms with Gasteiger partial charge in [-0.3, -0.25) is 4.79 Å². The molecule has 0 unspecified atom stereocenters. The summed E-state index contributed by atoms with van der Waals surface area (Å²) in [4.78, 5) is 30.0. The zero-order valence-corrected chi connectivity index (χ0v) is 20.6. The standard InChI is InChI=1S/C21H33N5O3.HI/c1-5-22-19(25-17-14-26(15-17)20(28)29-21(2,3)4)24-13-18(27)23-12-11-16-9-7-6-8-10-16;/h6-10,17H,5,11-15H2,1-4H3,(H,23,27)(H2,22,24,25);1H. The highest BCUT2D eigenvalue weighted by Gasteiger charge is 2.34. The fourth-order valence-corrected chi connectivity index (χ4v) is 2.76. The number of likely N-dealkylation sites (tertiary alicyclic amines) is 1. The topological polar surface area (TPSA) is 95.1 Å². The minimum atomic E-state index is -0.500. The second-order valence-corrected chi connectivity index (χ2v) is 8.01. The van der Waals surface area contributed by atoms with Crippen LogP contribution in [0, 0.1) is 0 Å². The zero-order valence-electron chi connectivity index (χ0n) is 18.2. The van der Waals surface area contributed by atoms with Gasteiger partial charge >= 0.3 is 6.09 Å². The summed E-state index contributed by atoms with van der Waals surface area (Å²) in [6.45, 7) is 9.91. The number of carbonyl (C=O) groups is 2. The summed E-state index contributed by atoms with van der Waals surface area (Å²) in [5.41, 5.74) is 0.686. The number of hydrogen-bond acceptors (Lipinski definition) is 4. The molecule has 2 rings (SSSR count). The molecule has 1 aliphatic heterocycles. The van der Waals surface area contributed by atoms with Gasteiger partial charge in [0.1, 0.15) is 12.1 Å². The normalized spacial score (nSPS) is 14.3. The highest BCUT2D eigenvalue weighted by atomic mass is 127. The fraction of sp³-hybridized carbons (Fsp3) is 0.571. The molecule has 0 aliphatic carbocycles. The van der Waals surface area contributed by atoms with Crippen LogP contribution in [0.25, 0.3) is 0 Å². The molecule has 0 saturated carbocycles. The lowest BCUT2D eigenvalue weighted by Gasteiger charge is -2.40. The molecule has 1 saturated heterocycles. The van der Waals surface area contributed by atoms with Crippen molar-refractivity contribution < 1.29 is 14.3 Å². The highest BCUT2D eigenvalue weighted by Crippen LogP contribution is 2.15. The van der Waals surface area contributed by atoms with E-state index in [-0.39, 0.29) is 48.6 Å². The molecule has 0 atom stereocenters. The van der Waals surface area contributed by atoms with Crippen molar-refractivity contribution in [2.75, 3.05) is 32.7 Å². The van der Waals surface area contributed by atoms with Crippen LogP contribution in [0.3, 0.4) is 0 Å². The molecule has 0 aromatic heterocycles. The Morgan fingerprint density at radius 1 is 1.17 bits per heavy atom. The third-order valence-corrected chi connectivity index (χ3v) is 4.18. The predicted molar refractivity (Wildman–Crippen MR) is 129 cm³/mol. The van der Waals surface area contributed by atoms with Crippen LogP contribution in [-0.2, 0) is 16.0 Å². The van der Waals surface area contributed by atoms with Crippen LogP contribution in [0.1, 0.15) is 33.3 Å². The average molecular weight is 531 g/mol. The van der Waals surface area contributed by atoms with Crippen LogP contribution in [0.4, 0.5) is 4.79 Å². The molecular weight excluding hydrogens is 497 g/mol. The first kappa shape index (κ1) is 26.0. The Bertz CT molecular complexity index is 700. The zero-order chi connectivity index (χ0) is 21.3. The van der Waals surface area contributed by atoms with Crippen molar-refractivity contribution in [2.45, 2.75) is 45.8 Å². The Labute approximate surface area is 196 Å². The van der Waals surface area contributed by atoms with E-state index in [9.17, 15) is 9.59 Å². The van der Waals surface area contributed by atoms with E-state index in [1.54, 1.807) is 4.90 Å². The first-order valence-corrected chi connectivity index (χ1v) is 10.1. The van der Waals surface area contributed by atoms with Crippen molar-refractivity contribution in [3.63, 3.8) is 0 Å². The maximum absolute atomic E-state index is 12.0. The summed E-state index contributed by atoms with van der Waals surface area (Å²) in [6.07, 6.45) is 0.479. The SMILES string of the molecule is CCNC(=NCC(=O)NCCc1ccccc1)NC1CN(C(=O)OC(C)(C)C)C1.I. The molecule has 9 heteroatoms. The van der Waals surface area contributed by atoms with Crippen molar-refractivity contribution in [1.29, 1.82) is 0 Å². The van der Waals surface area contributed by atoms with Crippen molar-refractivity contribution in [2.24, 2.45) is 4.99 Å². The third-order valence-electron chi connectivity index (χ3n) is 4.18. The van der Waals surface area contributed by atoms with Gasteiger partial charge in [0.15, 0.2) is 5.96 Å². The third kappa shape index (κ3) is 9.64. The average Bonchev–Trinajstić information content (AvgIpc) is 2.61. The summed E-state index contributed by atoms with van der Waals surface area (Å²) in [6, 6.07) is 10.1. The Hall–Kier alpha value is -2.04. The van der Waals surface area contributed by atoms with E-state index in [2.05, 4.69) is 20.9 Å². The number of aliphatic imine (C=N–C) groups is 1. The van der Waals surface area contributed by atoms with E-state index in [4.69, 9.17) is 4.74 Å². The van der Waals surface area contributed by atoms with Crippen LogP contribution < -0.4 is 16.0 Å². The number of nitrogens with one attached hydrogen (secondary N) is 3. The summed E-state index contributed by atoms with van der Waals surface area (Å²) < 4.78 is 5.35. The van der Waals surface area contributed by atoms with E-state index in [0.717, 1.165) is 6.42 Å². The number of rotatable bonds is 7. The van der Waals surface area contributed by atoms with E-state index in [1.807, 2.05) is 58.0 Å². The largest absolute Gasteiger partial charge is 0.444 e. The van der Waals surface area contributed by atoms with Gasteiger partial charge in [0.05, 0.1) is 6.04 Å². The van der Waals surface area contributed by atoms with Gasteiger partial charge in [-0.1, -0.05) is 30.3 Å². The second kappa shape index (κ2) is 12.6. The predicted octanol–water partition coefficient (Wildman–Crippen LogP) is 2.14. The van der Waals surface area contributed by atoms with Crippen LogP contribution in [-0.4, -0.2) is 67.2 Å². The van der Waals surface area contributed by atoms with Crippen LogP contribution in [0.15, 0.2) is 35.3 Å². The molecule has 0 bridgehead atoms. The monoisotopic (exact) mass is 531 g/mol. The lowest BCUT2D eigenvalue weighted by atomic mass is 10.1. The van der Waals surface area contributed by atoms with Crippen molar-refractivity contribution in [1.82, 2.24) is 20.9 Å². The van der Waals surface area contributed by atoms with Gasteiger partial charge < -0.3 is 25.6 Å². The van der Waals surface area contributed by atoms with Gasteiger partial charge in [-0.15, -0.1) is 24.0 Å². The summed E-state index contributed by atoms with van der Waals surface area (Å²) in [5.74, 6) is 0.446. The molecule has 168 valence electrons. The summed E-state index contributed by atoms with van der Waals surface area (Å²) in [5, 5.41) is 9.26. The number of amides is 2. The van der Waals surface area contributed by atoms with Crippen molar-refractivity contribution >= 4 is 41.9 Å². The highest BCUT2D eigenvalue weighted by molar-refractivity contribution is 14.0. The van der Waals surface area contributed by atoms with Gasteiger partial charge in [-0.05, 0) is 39.7 Å². The number of hydrogen-bond donors (Lipinski definition) is 3. The maximum Gasteiger partial charge on any atom is 0.410 e. The molecule has 8 nitrogen and oxygen atoms in total. The Kier molecular flexibility index (Phi) is 10.9. The summed E-state index contributed by atoms with van der Waals surface area (Å²) >= 11 is 0. The number of halogens is 1. The Balaban J connectivity index is 0.00000450. The minimum Gasteiger partial charge on any atom is -0.444 e. The Morgan fingerprint density at radius 3 is 2.43 bits per heavy atom. The minimum absolute atomic E-state index is 0. The smallest absolute Gasteiger partial charge is 0.410 e. The van der Waals surface area contributed by atoms with E-state index < -0.39 is 5.60 Å². The molecule has 0 spiro atoms. The van der Waals surface area contributed by atoms with Gasteiger partial charge in [0.2, 0.25) is 5.91 Å². The fourth-order valence-electron chi connectivity index (χ4n) is 2.76. The first-order chi connectivity index (χ1) is 13.8. The maximum atomic E-state index is 12.0. The molecule has 1 aromatic carbocycles. The molecule has 1 heterocycles. The van der Waals surface area contributed by atoms with Crippen LogP contribution in [0.5, 0.6) is 0 Å². The number of nitrogens with zero attached hydrogens (tertiary/aromatic N) is 2. The molecule has 0 radical (unpaired) electrons. The van der Waals surface area contributed by atoms with E-state index in [0.29, 0.717) is 32.1 Å². The molecular formula is C21H34IN5O3. The second-order valence-electron chi connectivity index (χ2n) is 8.01. The van der Waals surface area contributed by atoms with Crippen molar-refractivity contribution in [3.05, 3.63) is 35.9 Å². The molecule has 2 amide bonds. The van der Waals surface area contributed by atoms with Gasteiger partial charge in [0.25, 0.3) is 0 Å². The molecule has 3 N–H and O–H groups in total. The van der Waals surface area contributed by atoms with Gasteiger partial charge in [-0.25, -0.2) is 9.79 Å². The van der Waals surface area contributed by atoms with Gasteiger partial charge in [-0.2, -0.15) is 0 Å².